The molecule has 1 fully saturated rings. The van der Waals surface area contributed by atoms with Gasteiger partial charge in [-0.1, -0.05) is 30.3 Å². The van der Waals surface area contributed by atoms with E-state index in [9.17, 15) is 4.79 Å². The Balaban J connectivity index is 1.59. The van der Waals surface area contributed by atoms with Gasteiger partial charge in [0, 0.05) is 20.2 Å². The predicted octanol–water partition coefficient (Wildman–Crippen LogP) is 2.76. The van der Waals surface area contributed by atoms with Crippen LogP contribution in [0.3, 0.4) is 0 Å². The highest BCUT2D eigenvalue weighted by atomic mass is 16.5. The molecule has 0 aliphatic carbocycles. The van der Waals surface area contributed by atoms with Gasteiger partial charge in [0.05, 0.1) is 31.5 Å². The molecule has 1 saturated heterocycles. The van der Waals surface area contributed by atoms with Crippen molar-refractivity contribution >= 4 is 11.6 Å². The highest BCUT2D eigenvalue weighted by molar-refractivity contribution is 5.93. The maximum atomic E-state index is 12.5. The van der Waals surface area contributed by atoms with Gasteiger partial charge in [-0.15, -0.1) is 0 Å². The Bertz CT molecular complexity index is 706. The third-order valence-electron chi connectivity index (χ3n) is 4.07. The lowest BCUT2D eigenvalue weighted by molar-refractivity contribution is -0.120. The molecule has 138 valence electrons. The zero-order chi connectivity index (χ0) is 18.2. The van der Waals surface area contributed by atoms with Gasteiger partial charge in [0.15, 0.2) is 5.75 Å². The van der Waals surface area contributed by atoms with Crippen molar-refractivity contribution in [3.05, 3.63) is 54.6 Å². The molecular formula is C20H24N2O4. The van der Waals surface area contributed by atoms with Gasteiger partial charge < -0.3 is 19.5 Å². The molecule has 3 rings (SSSR count). The van der Waals surface area contributed by atoms with Crippen molar-refractivity contribution in [2.45, 2.75) is 6.10 Å². The van der Waals surface area contributed by atoms with E-state index in [1.54, 1.807) is 7.11 Å². The van der Waals surface area contributed by atoms with E-state index in [0.717, 1.165) is 12.3 Å². The van der Waals surface area contributed by atoms with Crippen LogP contribution in [-0.2, 0) is 14.3 Å². The molecular weight excluding hydrogens is 332 g/mol. The van der Waals surface area contributed by atoms with Crippen LogP contribution in [0.25, 0.3) is 0 Å². The summed E-state index contributed by atoms with van der Waals surface area (Å²) in [6.45, 7) is 2.86. The fourth-order valence-corrected chi connectivity index (χ4v) is 2.88. The summed E-state index contributed by atoms with van der Waals surface area (Å²) in [6.07, 6.45) is 0.00949. The van der Waals surface area contributed by atoms with Crippen LogP contribution in [-0.4, -0.2) is 56.9 Å². The Morgan fingerprint density at radius 3 is 2.77 bits per heavy atom. The fraction of sp³-hybridized carbons (Fsp3) is 0.350. The summed E-state index contributed by atoms with van der Waals surface area (Å²) < 4.78 is 16.6. The SMILES string of the molecule is COCC1CN(CC(=O)Nc2ccccc2Oc2ccccc2)CCO1. The minimum absolute atomic E-state index is 0.00949. The Labute approximate surface area is 153 Å². The molecule has 1 unspecified atom stereocenters. The average molecular weight is 356 g/mol. The second-order valence-corrected chi connectivity index (χ2v) is 6.14. The molecule has 6 heteroatoms. The van der Waals surface area contributed by atoms with Gasteiger partial charge >= 0.3 is 0 Å². The van der Waals surface area contributed by atoms with Crippen molar-refractivity contribution in [2.24, 2.45) is 0 Å². The standard InChI is InChI=1S/C20H24N2O4/c1-24-15-17-13-22(11-12-25-17)14-20(23)21-18-9-5-6-10-19(18)26-16-7-3-2-4-8-16/h2-10,17H,11-15H2,1H3,(H,21,23). The molecule has 2 aromatic rings. The summed E-state index contributed by atoms with van der Waals surface area (Å²) in [4.78, 5) is 14.5. The van der Waals surface area contributed by atoms with Crippen LogP contribution in [0, 0.1) is 0 Å². The second-order valence-electron chi connectivity index (χ2n) is 6.14. The molecule has 2 aromatic carbocycles. The number of rotatable bonds is 7. The number of carbonyl (C=O) groups excluding carboxylic acids is 1. The molecule has 1 amide bonds. The number of hydrogen-bond donors (Lipinski definition) is 1. The number of anilines is 1. The normalized spacial score (nSPS) is 17.7. The average Bonchev–Trinajstić information content (AvgIpc) is 2.65. The molecule has 0 radical (unpaired) electrons. The molecule has 0 spiro atoms. The Morgan fingerprint density at radius 1 is 1.19 bits per heavy atom. The van der Waals surface area contributed by atoms with E-state index in [-0.39, 0.29) is 12.0 Å². The van der Waals surface area contributed by atoms with Gasteiger partial charge in [0.2, 0.25) is 5.91 Å². The first-order chi connectivity index (χ1) is 12.7. The number of nitrogens with zero attached hydrogens (tertiary/aromatic N) is 1. The summed E-state index contributed by atoms with van der Waals surface area (Å²) in [6, 6.07) is 16.9. The lowest BCUT2D eigenvalue weighted by Gasteiger charge is -2.32. The molecule has 1 heterocycles. The first-order valence-corrected chi connectivity index (χ1v) is 8.69. The number of methoxy groups -OCH3 is 1. The second kappa shape index (κ2) is 9.33. The van der Waals surface area contributed by atoms with E-state index in [4.69, 9.17) is 14.2 Å². The van der Waals surface area contributed by atoms with Crippen molar-refractivity contribution in [3.63, 3.8) is 0 Å². The monoisotopic (exact) mass is 356 g/mol. The number of amides is 1. The molecule has 26 heavy (non-hydrogen) atoms. The van der Waals surface area contributed by atoms with E-state index in [0.29, 0.717) is 37.7 Å². The molecule has 0 bridgehead atoms. The van der Waals surface area contributed by atoms with Crippen molar-refractivity contribution < 1.29 is 19.0 Å². The van der Waals surface area contributed by atoms with Gasteiger partial charge in [-0.25, -0.2) is 0 Å². The molecule has 1 atom stereocenters. The van der Waals surface area contributed by atoms with E-state index in [1.165, 1.54) is 0 Å². The third kappa shape index (κ3) is 5.29. The van der Waals surface area contributed by atoms with Gasteiger partial charge in [-0.05, 0) is 24.3 Å². The number of ether oxygens (including phenoxy) is 3. The molecule has 1 N–H and O–H groups in total. The highest BCUT2D eigenvalue weighted by Crippen LogP contribution is 2.29. The molecule has 0 aromatic heterocycles. The quantitative estimate of drug-likeness (QED) is 0.827. The van der Waals surface area contributed by atoms with Crippen LogP contribution in [0.2, 0.25) is 0 Å². The van der Waals surface area contributed by atoms with Crippen LogP contribution in [0.15, 0.2) is 54.6 Å². The molecule has 6 nitrogen and oxygen atoms in total. The summed E-state index contributed by atoms with van der Waals surface area (Å²) in [7, 11) is 1.65. The van der Waals surface area contributed by atoms with Crippen LogP contribution in [0.1, 0.15) is 0 Å². The maximum Gasteiger partial charge on any atom is 0.238 e. The maximum absolute atomic E-state index is 12.5. The summed E-state index contributed by atoms with van der Waals surface area (Å²) in [5, 5.41) is 2.95. The van der Waals surface area contributed by atoms with Crippen LogP contribution in [0.5, 0.6) is 11.5 Å². The Kier molecular flexibility index (Phi) is 6.60. The number of carbonyl (C=O) groups is 1. The highest BCUT2D eigenvalue weighted by Gasteiger charge is 2.22. The lowest BCUT2D eigenvalue weighted by Crippen LogP contribution is -2.47. The van der Waals surface area contributed by atoms with E-state index < -0.39 is 0 Å². The third-order valence-corrected chi connectivity index (χ3v) is 4.07. The van der Waals surface area contributed by atoms with E-state index in [1.807, 2.05) is 54.6 Å². The number of morpholine rings is 1. The van der Waals surface area contributed by atoms with Gasteiger partial charge in [-0.3, -0.25) is 9.69 Å². The predicted molar refractivity (Wildman–Crippen MR) is 99.6 cm³/mol. The number of para-hydroxylation sites is 3. The Hall–Kier alpha value is -2.41. The van der Waals surface area contributed by atoms with Crippen molar-refractivity contribution in [1.82, 2.24) is 4.90 Å². The van der Waals surface area contributed by atoms with Gasteiger partial charge in [-0.2, -0.15) is 0 Å². The largest absolute Gasteiger partial charge is 0.455 e. The molecule has 1 aliphatic heterocycles. The van der Waals surface area contributed by atoms with E-state index >= 15 is 0 Å². The van der Waals surface area contributed by atoms with Crippen molar-refractivity contribution in [1.29, 1.82) is 0 Å². The molecule has 0 saturated carbocycles. The minimum atomic E-state index is -0.0767. The topological polar surface area (TPSA) is 60.0 Å². The number of hydrogen-bond acceptors (Lipinski definition) is 5. The first kappa shape index (κ1) is 18.4. The van der Waals surface area contributed by atoms with Gasteiger partial charge in [0.25, 0.3) is 0 Å². The van der Waals surface area contributed by atoms with Gasteiger partial charge in [0.1, 0.15) is 5.75 Å². The molecule has 1 aliphatic rings. The van der Waals surface area contributed by atoms with Crippen molar-refractivity contribution in [3.8, 4) is 11.5 Å². The van der Waals surface area contributed by atoms with Crippen LogP contribution >= 0.6 is 0 Å². The zero-order valence-corrected chi connectivity index (χ0v) is 14.9. The summed E-state index contributed by atoms with van der Waals surface area (Å²) in [5.74, 6) is 1.27. The lowest BCUT2D eigenvalue weighted by atomic mass is 10.2. The fourth-order valence-electron chi connectivity index (χ4n) is 2.88. The smallest absolute Gasteiger partial charge is 0.238 e. The zero-order valence-electron chi connectivity index (χ0n) is 14.9. The number of nitrogens with one attached hydrogen (secondary N) is 1. The van der Waals surface area contributed by atoms with Crippen LogP contribution in [0.4, 0.5) is 5.69 Å². The summed E-state index contributed by atoms with van der Waals surface area (Å²) >= 11 is 0. The first-order valence-electron chi connectivity index (χ1n) is 8.69. The van der Waals surface area contributed by atoms with E-state index in [2.05, 4.69) is 10.2 Å². The number of benzene rings is 2. The van der Waals surface area contributed by atoms with Crippen LogP contribution < -0.4 is 10.1 Å². The van der Waals surface area contributed by atoms with Crippen molar-refractivity contribution in [2.75, 3.05) is 45.3 Å². The minimum Gasteiger partial charge on any atom is -0.455 e. The Morgan fingerprint density at radius 2 is 1.96 bits per heavy atom. The summed E-state index contributed by atoms with van der Waals surface area (Å²) in [5.41, 5.74) is 0.656.